The minimum atomic E-state index is -0.379. The van der Waals surface area contributed by atoms with Crippen LogP contribution in [0.3, 0.4) is 0 Å². The number of imide groups is 1. The van der Waals surface area contributed by atoms with Crippen LogP contribution in [0.1, 0.15) is 18.4 Å². The van der Waals surface area contributed by atoms with Crippen molar-refractivity contribution in [3.8, 4) is 0 Å². The molecule has 2 fully saturated rings. The number of hydrogen-bond acceptors (Lipinski definition) is 5. The topological polar surface area (TPSA) is 59.1 Å². The molecule has 138 valence electrons. The van der Waals surface area contributed by atoms with Crippen LogP contribution >= 0.6 is 0 Å². The lowest BCUT2D eigenvalue weighted by molar-refractivity contribution is -0.139. The Bertz CT molecular complexity index is 734. The van der Waals surface area contributed by atoms with Gasteiger partial charge in [0.15, 0.2) is 0 Å². The van der Waals surface area contributed by atoms with Crippen molar-refractivity contribution in [2.24, 2.45) is 0 Å². The van der Waals surface area contributed by atoms with Gasteiger partial charge in [0.05, 0.1) is 31.4 Å². The lowest BCUT2D eigenvalue weighted by Gasteiger charge is -2.29. The molecule has 2 amide bonds. The van der Waals surface area contributed by atoms with E-state index >= 15 is 0 Å². The Hall–Kier alpha value is -2.25. The van der Waals surface area contributed by atoms with Crippen molar-refractivity contribution in [3.05, 3.63) is 41.3 Å². The predicted octanol–water partition coefficient (Wildman–Crippen LogP) is 1.42. The average Bonchev–Trinajstić information content (AvgIpc) is 3.25. The van der Waals surface area contributed by atoms with Gasteiger partial charge >= 0.3 is 0 Å². The highest BCUT2D eigenvalue weighted by Crippen LogP contribution is 2.33. The SMILES string of the molecule is O=C1C(c2ccc(F)cc2)=C(N2CCOCC2)C(=O)N1CC1CCCO1. The van der Waals surface area contributed by atoms with E-state index in [2.05, 4.69) is 0 Å². The second-order valence-corrected chi connectivity index (χ2v) is 6.69. The van der Waals surface area contributed by atoms with Crippen molar-refractivity contribution in [2.75, 3.05) is 39.5 Å². The molecule has 2 saturated heterocycles. The van der Waals surface area contributed by atoms with Gasteiger partial charge in [-0.25, -0.2) is 4.39 Å². The summed E-state index contributed by atoms with van der Waals surface area (Å²) >= 11 is 0. The van der Waals surface area contributed by atoms with Crippen molar-refractivity contribution in [1.29, 1.82) is 0 Å². The summed E-state index contributed by atoms with van der Waals surface area (Å²) in [6.45, 7) is 3.03. The summed E-state index contributed by atoms with van der Waals surface area (Å²) in [4.78, 5) is 29.3. The van der Waals surface area contributed by atoms with Crippen molar-refractivity contribution < 1.29 is 23.5 Å². The Kier molecular flexibility index (Phi) is 4.74. The second-order valence-electron chi connectivity index (χ2n) is 6.69. The number of amides is 2. The van der Waals surface area contributed by atoms with E-state index in [1.54, 1.807) is 12.1 Å². The maximum absolute atomic E-state index is 13.3. The van der Waals surface area contributed by atoms with Gasteiger partial charge in [-0.05, 0) is 30.5 Å². The highest BCUT2D eigenvalue weighted by molar-refractivity contribution is 6.35. The van der Waals surface area contributed by atoms with Crippen LogP contribution in [-0.2, 0) is 19.1 Å². The smallest absolute Gasteiger partial charge is 0.277 e. The van der Waals surface area contributed by atoms with Crippen LogP contribution in [0.4, 0.5) is 4.39 Å². The van der Waals surface area contributed by atoms with Crippen LogP contribution in [0.15, 0.2) is 30.0 Å². The molecule has 0 aromatic heterocycles. The summed E-state index contributed by atoms with van der Waals surface area (Å²) in [6, 6.07) is 5.71. The number of carbonyl (C=O) groups excluding carboxylic acids is 2. The highest BCUT2D eigenvalue weighted by atomic mass is 19.1. The van der Waals surface area contributed by atoms with Gasteiger partial charge < -0.3 is 14.4 Å². The minimum Gasteiger partial charge on any atom is -0.378 e. The zero-order valence-corrected chi connectivity index (χ0v) is 14.4. The van der Waals surface area contributed by atoms with Crippen molar-refractivity contribution in [3.63, 3.8) is 0 Å². The fourth-order valence-electron chi connectivity index (χ4n) is 3.68. The molecule has 26 heavy (non-hydrogen) atoms. The van der Waals surface area contributed by atoms with Gasteiger partial charge in [0.25, 0.3) is 11.8 Å². The van der Waals surface area contributed by atoms with Crippen LogP contribution < -0.4 is 0 Å². The molecule has 0 saturated carbocycles. The Morgan fingerprint density at radius 3 is 2.42 bits per heavy atom. The summed E-state index contributed by atoms with van der Waals surface area (Å²) in [5, 5.41) is 0. The number of ether oxygens (including phenoxy) is 2. The van der Waals surface area contributed by atoms with Crippen LogP contribution in [0.5, 0.6) is 0 Å². The molecule has 0 bridgehead atoms. The van der Waals surface area contributed by atoms with Gasteiger partial charge in [-0.15, -0.1) is 0 Å². The highest BCUT2D eigenvalue weighted by Gasteiger charge is 2.43. The number of nitrogens with zero attached hydrogens (tertiary/aromatic N) is 2. The molecule has 0 radical (unpaired) electrons. The molecule has 1 aromatic rings. The molecule has 3 aliphatic rings. The molecule has 4 rings (SSSR count). The monoisotopic (exact) mass is 360 g/mol. The maximum atomic E-state index is 13.3. The minimum absolute atomic E-state index is 0.110. The molecule has 6 nitrogen and oxygen atoms in total. The summed E-state index contributed by atoms with van der Waals surface area (Å²) in [7, 11) is 0. The van der Waals surface area contributed by atoms with E-state index in [1.807, 2.05) is 4.90 Å². The standard InChI is InChI=1S/C19H21FN2O4/c20-14-5-3-13(4-6-14)16-17(21-7-10-25-11-8-21)19(24)22(18(16)23)12-15-2-1-9-26-15/h3-6,15H,1-2,7-12H2. The zero-order valence-electron chi connectivity index (χ0n) is 14.4. The van der Waals surface area contributed by atoms with Gasteiger partial charge in [-0.1, -0.05) is 12.1 Å². The summed E-state index contributed by atoms with van der Waals surface area (Å²) in [5.74, 6) is -1.01. The maximum Gasteiger partial charge on any atom is 0.277 e. The Labute approximate surface area is 151 Å². The first-order valence-electron chi connectivity index (χ1n) is 8.96. The molecule has 7 heteroatoms. The van der Waals surface area contributed by atoms with Gasteiger partial charge in [-0.2, -0.15) is 0 Å². The fraction of sp³-hybridized carbons (Fsp3) is 0.474. The molecular formula is C19H21FN2O4. The number of carbonyl (C=O) groups is 2. The molecule has 0 aliphatic carbocycles. The summed E-state index contributed by atoms with van der Waals surface area (Å²) < 4.78 is 24.3. The van der Waals surface area contributed by atoms with E-state index in [4.69, 9.17) is 9.47 Å². The number of hydrogen-bond donors (Lipinski definition) is 0. The Balaban J connectivity index is 1.70. The first-order chi connectivity index (χ1) is 12.6. The Morgan fingerprint density at radius 1 is 1.04 bits per heavy atom. The van der Waals surface area contributed by atoms with E-state index < -0.39 is 0 Å². The lowest BCUT2D eigenvalue weighted by Crippen LogP contribution is -2.42. The third-order valence-electron chi connectivity index (χ3n) is 5.01. The quantitative estimate of drug-likeness (QED) is 0.760. The first kappa shape index (κ1) is 17.2. The van der Waals surface area contributed by atoms with Crippen LogP contribution in [0.25, 0.3) is 5.57 Å². The largest absolute Gasteiger partial charge is 0.378 e. The molecule has 1 aromatic carbocycles. The second kappa shape index (κ2) is 7.17. The molecule has 1 unspecified atom stereocenters. The number of rotatable bonds is 4. The van der Waals surface area contributed by atoms with Crippen molar-refractivity contribution in [2.45, 2.75) is 18.9 Å². The van der Waals surface area contributed by atoms with Gasteiger partial charge in [0.1, 0.15) is 11.5 Å². The third kappa shape index (κ3) is 3.12. The first-order valence-corrected chi connectivity index (χ1v) is 8.96. The molecule has 3 aliphatic heterocycles. The van der Waals surface area contributed by atoms with Crippen LogP contribution in [0.2, 0.25) is 0 Å². The molecular weight excluding hydrogens is 339 g/mol. The van der Waals surface area contributed by atoms with Crippen molar-refractivity contribution in [1.82, 2.24) is 9.80 Å². The number of benzene rings is 1. The molecule has 0 spiro atoms. The average molecular weight is 360 g/mol. The van der Waals surface area contributed by atoms with Gasteiger partial charge in [0, 0.05) is 19.7 Å². The van der Waals surface area contributed by atoms with E-state index in [1.165, 1.54) is 17.0 Å². The summed E-state index contributed by atoms with van der Waals surface area (Å²) in [6.07, 6.45) is 1.67. The molecule has 0 N–H and O–H groups in total. The van der Waals surface area contributed by atoms with Gasteiger partial charge in [0.2, 0.25) is 0 Å². The van der Waals surface area contributed by atoms with Crippen LogP contribution in [0, 0.1) is 5.82 Å². The summed E-state index contributed by atoms with van der Waals surface area (Å²) in [5.41, 5.74) is 1.29. The predicted molar refractivity (Wildman–Crippen MR) is 91.4 cm³/mol. The van der Waals surface area contributed by atoms with Gasteiger partial charge in [-0.3, -0.25) is 14.5 Å². The Morgan fingerprint density at radius 2 is 1.77 bits per heavy atom. The van der Waals surface area contributed by atoms with Crippen LogP contribution in [-0.4, -0.2) is 67.2 Å². The van der Waals surface area contributed by atoms with E-state index in [0.29, 0.717) is 49.7 Å². The number of halogens is 1. The lowest BCUT2D eigenvalue weighted by atomic mass is 10.0. The van der Waals surface area contributed by atoms with E-state index in [9.17, 15) is 14.0 Å². The third-order valence-corrected chi connectivity index (χ3v) is 5.01. The van der Waals surface area contributed by atoms with E-state index in [-0.39, 0.29) is 30.3 Å². The van der Waals surface area contributed by atoms with E-state index in [0.717, 1.165) is 12.8 Å². The zero-order chi connectivity index (χ0) is 18.1. The normalized spacial score (nSPS) is 24.1. The van der Waals surface area contributed by atoms with Crippen molar-refractivity contribution >= 4 is 17.4 Å². The fourth-order valence-corrected chi connectivity index (χ4v) is 3.68. The number of morpholine rings is 1. The molecule has 1 atom stereocenters. The molecule has 3 heterocycles.